The topological polar surface area (TPSA) is 75.9 Å². The van der Waals surface area contributed by atoms with Crippen molar-refractivity contribution in [3.63, 3.8) is 0 Å². The second-order valence-corrected chi connectivity index (χ2v) is 7.58. The SMILES string of the molecule is Cc1ccccc1[C@H](NC(=O)N1CCC(c2nncn2C)CC1)c1ccncc1. The van der Waals surface area contributed by atoms with Crippen molar-refractivity contribution in [2.24, 2.45) is 7.05 Å². The quantitative estimate of drug-likeness (QED) is 0.742. The lowest BCUT2D eigenvalue weighted by molar-refractivity contribution is 0.177. The molecule has 0 bridgehead atoms. The minimum absolute atomic E-state index is 0.0357. The Labute approximate surface area is 170 Å². The van der Waals surface area contributed by atoms with E-state index >= 15 is 0 Å². The average Bonchev–Trinajstić information content (AvgIpc) is 3.19. The van der Waals surface area contributed by atoms with Gasteiger partial charge in [0.15, 0.2) is 0 Å². The molecule has 1 atom stereocenters. The number of likely N-dealkylation sites (tertiary alicyclic amines) is 1. The molecule has 7 heteroatoms. The van der Waals surface area contributed by atoms with Gasteiger partial charge in [0.05, 0.1) is 6.04 Å². The first kappa shape index (κ1) is 19.1. The molecule has 29 heavy (non-hydrogen) atoms. The van der Waals surface area contributed by atoms with E-state index in [0.717, 1.165) is 35.4 Å². The van der Waals surface area contributed by atoms with E-state index in [1.54, 1.807) is 18.7 Å². The molecule has 1 saturated heterocycles. The number of hydrogen-bond donors (Lipinski definition) is 1. The summed E-state index contributed by atoms with van der Waals surface area (Å²) in [5, 5.41) is 11.5. The highest BCUT2D eigenvalue weighted by molar-refractivity contribution is 5.75. The lowest BCUT2D eigenvalue weighted by Gasteiger charge is -2.33. The molecule has 0 unspecified atom stereocenters. The van der Waals surface area contributed by atoms with Gasteiger partial charge in [0.25, 0.3) is 0 Å². The van der Waals surface area contributed by atoms with Crippen LogP contribution in [0.4, 0.5) is 4.79 Å². The van der Waals surface area contributed by atoms with Crippen LogP contribution in [0.2, 0.25) is 0 Å². The fourth-order valence-electron chi connectivity index (χ4n) is 4.02. The van der Waals surface area contributed by atoms with E-state index in [9.17, 15) is 4.79 Å². The van der Waals surface area contributed by atoms with Gasteiger partial charge in [0, 0.05) is 38.4 Å². The van der Waals surface area contributed by atoms with E-state index in [1.165, 1.54) is 0 Å². The Balaban J connectivity index is 1.48. The van der Waals surface area contributed by atoms with Gasteiger partial charge in [0.2, 0.25) is 0 Å². The predicted octanol–water partition coefficient (Wildman–Crippen LogP) is 3.20. The van der Waals surface area contributed by atoms with Crippen LogP contribution in [0.15, 0.2) is 55.1 Å². The summed E-state index contributed by atoms with van der Waals surface area (Å²) in [7, 11) is 1.97. The van der Waals surface area contributed by atoms with Gasteiger partial charge in [-0.25, -0.2) is 4.79 Å². The van der Waals surface area contributed by atoms with Gasteiger partial charge < -0.3 is 14.8 Å². The summed E-state index contributed by atoms with van der Waals surface area (Å²) in [6, 6.07) is 11.8. The Morgan fingerprint density at radius 2 is 1.86 bits per heavy atom. The van der Waals surface area contributed by atoms with Crippen molar-refractivity contribution >= 4 is 6.03 Å². The van der Waals surface area contributed by atoms with Crippen molar-refractivity contribution in [3.8, 4) is 0 Å². The highest BCUT2D eigenvalue weighted by Gasteiger charge is 2.28. The highest BCUT2D eigenvalue weighted by atomic mass is 16.2. The molecule has 0 saturated carbocycles. The standard InChI is InChI=1S/C22H26N6O/c1-16-5-3-4-6-19(16)20(17-7-11-23-12-8-17)25-22(29)28-13-9-18(10-14-28)21-26-24-15-27(21)2/h3-8,11-12,15,18,20H,9-10,13-14H2,1-2H3,(H,25,29)/t20-/m1/s1. The number of nitrogens with zero attached hydrogens (tertiary/aromatic N) is 5. The number of aromatic nitrogens is 4. The van der Waals surface area contributed by atoms with E-state index in [2.05, 4.69) is 39.6 Å². The summed E-state index contributed by atoms with van der Waals surface area (Å²) >= 11 is 0. The zero-order valence-electron chi connectivity index (χ0n) is 16.8. The molecular weight excluding hydrogens is 364 g/mol. The fourth-order valence-corrected chi connectivity index (χ4v) is 4.02. The van der Waals surface area contributed by atoms with Crippen LogP contribution < -0.4 is 5.32 Å². The lowest BCUT2D eigenvalue weighted by atomic mass is 9.95. The van der Waals surface area contributed by atoms with Crippen LogP contribution in [0, 0.1) is 6.92 Å². The maximum absolute atomic E-state index is 13.1. The van der Waals surface area contributed by atoms with Crippen molar-refractivity contribution in [1.82, 2.24) is 30.0 Å². The monoisotopic (exact) mass is 390 g/mol. The molecule has 0 aliphatic carbocycles. The molecule has 150 valence electrons. The van der Waals surface area contributed by atoms with Crippen LogP contribution in [0.3, 0.4) is 0 Å². The minimum Gasteiger partial charge on any atom is -0.327 e. The van der Waals surface area contributed by atoms with E-state index in [-0.39, 0.29) is 12.1 Å². The molecule has 3 heterocycles. The number of piperidine rings is 1. The van der Waals surface area contributed by atoms with Crippen LogP contribution in [-0.2, 0) is 7.05 Å². The third-order valence-corrected chi connectivity index (χ3v) is 5.70. The van der Waals surface area contributed by atoms with E-state index in [1.807, 2.05) is 40.8 Å². The van der Waals surface area contributed by atoms with E-state index in [4.69, 9.17) is 0 Å². The Morgan fingerprint density at radius 3 is 2.52 bits per heavy atom. The molecule has 4 rings (SSSR count). The Hall–Kier alpha value is -3.22. The molecule has 3 aromatic rings. The van der Waals surface area contributed by atoms with Crippen molar-refractivity contribution in [3.05, 3.63) is 77.6 Å². The van der Waals surface area contributed by atoms with Gasteiger partial charge in [-0.1, -0.05) is 24.3 Å². The molecular formula is C22H26N6O. The number of aryl methyl sites for hydroxylation is 2. The number of urea groups is 1. The second-order valence-electron chi connectivity index (χ2n) is 7.58. The Kier molecular flexibility index (Phi) is 5.55. The Bertz CT molecular complexity index is 962. The first-order valence-corrected chi connectivity index (χ1v) is 9.98. The first-order valence-electron chi connectivity index (χ1n) is 9.98. The third-order valence-electron chi connectivity index (χ3n) is 5.70. The second kappa shape index (κ2) is 8.43. The molecule has 0 spiro atoms. The van der Waals surface area contributed by atoms with Crippen molar-refractivity contribution in [1.29, 1.82) is 0 Å². The third kappa shape index (κ3) is 4.13. The molecule has 7 nitrogen and oxygen atoms in total. The van der Waals surface area contributed by atoms with Crippen molar-refractivity contribution in [2.45, 2.75) is 31.7 Å². The summed E-state index contributed by atoms with van der Waals surface area (Å²) < 4.78 is 1.97. The maximum atomic E-state index is 13.1. The molecule has 1 aliphatic rings. The number of carbonyl (C=O) groups is 1. The largest absolute Gasteiger partial charge is 0.327 e. The number of amides is 2. The number of pyridine rings is 1. The highest BCUT2D eigenvalue weighted by Crippen LogP contribution is 2.28. The first-order chi connectivity index (χ1) is 14.1. The van der Waals surface area contributed by atoms with Crippen LogP contribution in [0.1, 0.15) is 47.3 Å². The van der Waals surface area contributed by atoms with Crippen LogP contribution >= 0.6 is 0 Å². The molecule has 1 aromatic carbocycles. The summed E-state index contributed by atoms with van der Waals surface area (Å²) in [6.07, 6.45) is 7.04. The lowest BCUT2D eigenvalue weighted by Crippen LogP contribution is -2.45. The average molecular weight is 390 g/mol. The Morgan fingerprint density at radius 1 is 1.14 bits per heavy atom. The molecule has 1 fully saturated rings. The zero-order chi connectivity index (χ0) is 20.2. The number of nitrogens with one attached hydrogen (secondary N) is 1. The molecule has 0 radical (unpaired) electrons. The molecule has 1 aliphatic heterocycles. The fraction of sp³-hybridized carbons (Fsp3) is 0.364. The van der Waals surface area contributed by atoms with Crippen LogP contribution in [0.5, 0.6) is 0 Å². The predicted molar refractivity (Wildman–Crippen MR) is 110 cm³/mol. The number of rotatable bonds is 4. The van der Waals surface area contributed by atoms with Gasteiger partial charge in [0.1, 0.15) is 12.2 Å². The summed E-state index contributed by atoms with van der Waals surface area (Å²) in [5.74, 6) is 1.35. The summed E-state index contributed by atoms with van der Waals surface area (Å²) in [4.78, 5) is 19.1. The van der Waals surface area contributed by atoms with Crippen LogP contribution in [0.25, 0.3) is 0 Å². The minimum atomic E-state index is -0.205. The molecule has 2 amide bonds. The number of hydrogen-bond acceptors (Lipinski definition) is 4. The van der Waals surface area contributed by atoms with Crippen molar-refractivity contribution < 1.29 is 4.79 Å². The van der Waals surface area contributed by atoms with Gasteiger partial charge in [-0.3, -0.25) is 4.98 Å². The summed E-state index contributed by atoms with van der Waals surface area (Å²) in [5.41, 5.74) is 3.27. The van der Waals surface area contributed by atoms with Crippen LogP contribution in [-0.4, -0.2) is 43.8 Å². The van der Waals surface area contributed by atoms with Gasteiger partial charge in [-0.05, 0) is 48.6 Å². The van der Waals surface area contributed by atoms with Crippen molar-refractivity contribution in [2.75, 3.05) is 13.1 Å². The summed E-state index contributed by atoms with van der Waals surface area (Å²) in [6.45, 7) is 3.49. The number of carbonyl (C=O) groups excluding carboxylic acids is 1. The maximum Gasteiger partial charge on any atom is 0.318 e. The zero-order valence-corrected chi connectivity index (χ0v) is 16.8. The molecule has 1 N–H and O–H groups in total. The normalized spacial score (nSPS) is 15.9. The van der Waals surface area contributed by atoms with E-state index < -0.39 is 0 Å². The number of benzene rings is 1. The van der Waals surface area contributed by atoms with E-state index in [0.29, 0.717) is 19.0 Å². The van der Waals surface area contributed by atoms with Gasteiger partial charge in [-0.2, -0.15) is 0 Å². The van der Waals surface area contributed by atoms with Gasteiger partial charge in [-0.15, -0.1) is 10.2 Å². The molecule has 2 aromatic heterocycles. The smallest absolute Gasteiger partial charge is 0.318 e. The van der Waals surface area contributed by atoms with Gasteiger partial charge >= 0.3 is 6.03 Å².